The average molecular weight is 213 g/mol. The fourth-order valence-corrected chi connectivity index (χ4v) is 1.68. The highest BCUT2D eigenvalue weighted by atomic mass is 16.5. The normalized spacial score (nSPS) is 20.4. The number of aliphatic hydroxyl groups is 1. The molecular formula is C9H15N3O3. The summed E-state index contributed by atoms with van der Waals surface area (Å²) in [6.07, 6.45) is 1.20. The van der Waals surface area contributed by atoms with Crippen LogP contribution in [0.25, 0.3) is 0 Å². The first-order valence-corrected chi connectivity index (χ1v) is 5.00. The Morgan fingerprint density at radius 1 is 1.53 bits per heavy atom. The van der Waals surface area contributed by atoms with Crippen LogP contribution in [-0.2, 0) is 16.9 Å². The smallest absolute Gasteiger partial charge is 0.258 e. The van der Waals surface area contributed by atoms with Crippen molar-refractivity contribution < 1.29 is 14.4 Å². The van der Waals surface area contributed by atoms with Gasteiger partial charge >= 0.3 is 0 Å². The second-order valence-electron chi connectivity index (χ2n) is 3.73. The Morgan fingerprint density at radius 3 is 2.93 bits per heavy atom. The molecule has 1 fully saturated rings. The molecule has 0 unspecified atom stereocenters. The van der Waals surface area contributed by atoms with Crippen LogP contribution in [0.2, 0.25) is 0 Å². The molecule has 1 aliphatic heterocycles. The van der Waals surface area contributed by atoms with E-state index in [0.29, 0.717) is 31.2 Å². The summed E-state index contributed by atoms with van der Waals surface area (Å²) < 4.78 is 9.92. The molecule has 2 N–H and O–H groups in total. The summed E-state index contributed by atoms with van der Waals surface area (Å²) >= 11 is 0. The minimum Gasteiger partial charge on any atom is -0.380 e. The molecule has 2 rings (SSSR count). The maximum Gasteiger partial charge on any atom is 0.258 e. The van der Waals surface area contributed by atoms with Gasteiger partial charge in [-0.15, -0.1) is 0 Å². The molecule has 0 amide bonds. The molecule has 2 heterocycles. The van der Waals surface area contributed by atoms with Gasteiger partial charge in [0.25, 0.3) is 5.89 Å². The van der Waals surface area contributed by atoms with Crippen molar-refractivity contribution in [3.05, 3.63) is 11.7 Å². The van der Waals surface area contributed by atoms with Crippen molar-refractivity contribution in [1.29, 1.82) is 0 Å². The van der Waals surface area contributed by atoms with Crippen molar-refractivity contribution in [1.82, 2.24) is 15.5 Å². The van der Waals surface area contributed by atoms with E-state index in [0.717, 1.165) is 13.1 Å². The molecule has 6 nitrogen and oxygen atoms in total. The Bertz CT molecular complexity index is 320. The predicted octanol–water partition coefficient (Wildman–Crippen LogP) is -0.213. The molecule has 1 aromatic rings. The zero-order valence-corrected chi connectivity index (χ0v) is 8.69. The number of nitrogens with zero attached hydrogens (tertiary/aromatic N) is 2. The van der Waals surface area contributed by atoms with Gasteiger partial charge < -0.3 is 19.7 Å². The Balaban J connectivity index is 2.12. The number of aromatic nitrogens is 2. The van der Waals surface area contributed by atoms with Crippen LogP contribution in [0.5, 0.6) is 0 Å². The first-order chi connectivity index (χ1) is 7.24. The Kier molecular flexibility index (Phi) is 2.99. The topological polar surface area (TPSA) is 80.4 Å². The average Bonchev–Trinajstić information content (AvgIpc) is 2.69. The van der Waals surface area contributed by atoms with Gasteiger partial charge in [-0.1, -0.05) is 5.16 Å². The molecular weight excluding hydrogens is 198 g/mol. The van der Waals surface area contributed by atoms with Gasteiger partial charge in [-0.25, -0.2) is 0 Å². The number of hydrogen-bond donors (Lipinski definition) is 2. The van der Waals surface area contributed by atoms with E-state index in [4.69, 9.17) is 9.26 Å². The third kappa shape index (κ3) is 2.17. The molecule has 0 aromatic carbocycles. The van der Waals surface area contributed by atoms with E-state index in [9.17, 15) is 5.11 Å². The van der Waals surface area contributed by atoms with E-state index in [1.807, 2.05) is 0 Å². The van der Waals surface area contributed by atoms with Crippen molar-refractivity contribution in [3.63, 3.8) is 0 Å². The molecule has 1 aliphatic rings. The molecule has 6 heteroatoms. The van der Waals surface area contributed by atoms with Crippen molar-refractivity contribution >= 4 is 0 Å². The number of piperidine rings is 1. The lowest BCUT2D eigenvalue weighted by atomic mass is 9.92. The molecule has 0 spiro atoms. The van der Waals surface area contributed by atoms with Gasteiger partial charge in [0.15, 0.2) is 5.82 Å². The summed E-state index contributed by atoms with van der Waals surface area (Å²) in [5, 5.41) is 17.1. The van der Waals surface area contributed by atoms with Gasteiger partial charge in [-0.05, 0) is 25.9 Å². The van der Waals surface area contributed by atoms with Crippen LogP contribution >= 0.6 is 0 Å². The molecule has 0 bridgehead atoms. The lowest BCUT2D eigenvalue weighted by Gasteiger charge is -2.28. The third-order valence-corrected chi connectivity index (χ3v) is 2.57. The second-order valence-corrected chi connectivity index (χ2v) is 3.73. The second kappa shape index (κ2) is 4.26. The Labute approximate surface area is 87.6 Å². The van der Waals surface area contributed by atoms with Crippen molar-refractivity contribution in [2.45, 2.75) is 25.0 Å². The van der Waals surface area contributed by atoms with Crippen LogP contribution in [0.3, 0.4) is 0 Å². The number of nitrogens with one attached hydrogen (secondary N) is 1. The van der Waals surface area contributed by atoms with Gasteiger partial charge in [0.05, 0.1) is 0 Å². The Morgan fingerprint density at radius 2 is 2.27 bits per heavy atom. The standard InChI is InChI=1S/C9H15N3O3/c1-14-6-7-11-8(15-12-7)9(13)2-4-10-5-3-9/h10,13H,2-6H2,1H3. The summed E-state index contributed by atoms with van der Waals surface area (Å²) in [6.45, 7) is 1.83. The van der Waals surface area contributed by atoms with Gasteiger partial charge in [0.1, 0.15) is 12.2 Å². The highest BCUT2D eigenvalue weighted by Gasteiger charge is 2.36. The van der Waals surface area contributed by atoms with Crippen molar-refractivity contribution in [2.24, 2.45) is 0 Å². The van der Waals surface area contributed by atoms with Crippen molar-refractivity contribution in [2.75, 3.05) is 20.2 Å². The van der Waals surface area contributed by atoms with Crippen molar-refractivity contribution in [3.8, 4) is 0 Å². The Hall–Kier alpha value is -0.980. The highest BCUT2D eigenvalue weighted by molar-refractivity contribution is 5.00. The zero-order valence-electron chi connectivity index (χ0n) is 8.69. The number of ether oxygens (including phenoxy) is 1. The molecule has 0 atom stereocenters. The fraction of sp³-hybridized carbons (Fsp3) is 0.778. The summed E-state index contributed by atoms with van der Waals surface area (Å²) in [5.41, 5.74) is -0.968. The van der Waals surface area contributed by atoms with Gasteiger partial charge in [0.2, 0.25) is 0 Å². The van der Waals surface area contributed by atoms with Gasteiger partial charge in [-0.2, -0.15) is 4.98 Å². The first kappa shape index (κ1) is 10.5. The zero-order chi connectivity index (χ0) is 10.7. The number of methoxy groups -OCH3 is 1. The molecule has 0 saturated carbocycles. The largest absolute Gasteiger partial charge is 0.380 e. The molecule has 1 aromatic heterocycles. The first-order valence-electron chi connectivity index (χ1n) is 5.00. The molecule has 0 aliphatic carbocycles. The van der Waals surface area contributed by atoms with E-state index < -0.39 is 5.60 Å². The summed E-state index contributed by atoms with van der Waals surface area (Å²) in [5.74, 6) is 0.774. The van der Waals surface area contributed by atoms with Crippen LogP contribution in [0.4, 0.5) is 0 Å². The quantitative estimate of drug-likeness (QED) is 0.723. The SMILES string of the molecule is COCc1noc(C2(O)CCNCC2)n1. The monoisotopic (exact) mass is 213 g/mol. The maximum absolute atomic E-state index is 10.2. The van der Waals surface area contributed by atoms with Gasteiger partial charge in [0, 0.05) is 7.11 Å². The highest BCUT2D eigenvalue weighted by Crippen LogP contribution is 2.28. The summed E-state index contributed by atoms with van der Waals surface area (Å²) in [6, 6.07) is 0. The van der Waals surface area contributed by atoms with E-state index in [1.165, 1.54) is 0 Å². The molecule has 84 valence electrons. The van der Waals surface area contributed by atoms with Crippen LogP contribution in [0.1, 0.15) is 24.6 Å². The summed E-state index contributed by atoms with van der Waals surface area (Å²) in [4.78, 5) is 4.11. The summed E-state index contributed by atoms with van der Waals surface area (Å²) in [7, 11) is 1.56. The molecule has 0 radical (unpaired) electrons. The van der Waals surface area contributed by atoms with Crippen LogP contribution in [0.15, 0.2) is 4.52 Å². The van der Waals surface area contributed by atoms with E-state index >= 15 is 0 Å². The number of hydrogen-bond acceptors (Lipinski definition) is 6. The van der Waals surface area contributed by atoms with Crippen LogP contribution < -0.4 is 5.32 Å². The third-order valence-electron chi connectivity index (χ3n) is 2.57. The predicted molar refractivity (Wildman–Crippen MR) is 51.0 cm³/mol. The van der Waals surface area contributed by atoms with Crippen LogP contribution in [-0.4, -0.2) is 35.4 Å². The molecule has 1 saturated heterocycles. The lowest BCUT2D eigenvalue weighted by molar-refractivity contribution is -0.0228. The van der Waals surface area contributed by atoms with E-state index in [2.05, 4.69) is 15.5 Å². The maximum atomic E-state index is 10.2. The van der Waals surface area contributed by atoms with Gasteiger partial charge in [-0.3, -0.25) is 0 Å². The van der Waals surface area contributed by atoms with E-state index in [-0.39, 0.29) is 0 Å². The minimum atomic E-state index is -0.968. The fourth-order valence-electron chi connectivity index (χ4n) is 1.68. The minimum absolute atomic E-state index is 0.302. The van der Waals surface area contributed by atoms with E-state index in [1.54, 1.807) is 7.11 Å². The lowest BCUT2D eigenvalue weighted by Crippen LogP contribution is -2.39. The van der Waals surface area contributed by atoms with Crippen LogP contribution in [0, 0.1) is 0 Å². The molecule has 15 heavy (non-hydrogen) atoms. The number of rotatable bonds is 3.